The van der Waals surface area contributed by atoms with Crippen molar-refractivity contribution in [2.24, 2.45) is 5.92 Å². The maximum Gasteiger partial charge on any atom is 0.229 e. The third-order valence-electron chi connectivity index (χ3n) is 5.98. The fraction of sp³-hybridized carbons (Fsp3) is 0.476. The molecule has 1 aromatic carbocycles. The van der Waals surface area contributed by atoms with Crippen molar-refractivity contribution >= 4 is 11.7 Å². The Morgan fingerprint density at radius 3 is 2.70 bits per heavy atom. The van der Waals surface area contributed by atoms with Crippen LogP contribution in [0.5, 0.6) is 5.75 Å². The molecule has 1 aliphatic carbocycles. The summed E-state index contributed by atoms with van der Waals surface area (Å²) >= 11 is 0. The zero-order valence-corrected chi connectivity index (χ0v) is 15.5. The van der Waals surface area contributed by atoms with Crippen molar-refractivity contribution in [2.45, 2.75) is 31.2 Å². The number of hydrogen-bond donors (Lipinski definition) is 0. The number of carbonyl (C=O) groups excluding carboxylic acids is 1. The summed E-state index contributed by atoms with van der Waals surface area (Å²) in [6, 6.07) is 12.4. The molecule has 140 valence electrons. The highest BCUT2D eigenvalue weighted by atomic mass is 16.5. The van der Waals surface area contributed by atoms with Crippen LogP contribution in [0.25, 0.3) is 0 Å². The highest BCUT2D eigenvalue weighted by Gasteiger charge is 2.37. The van der Waals surface area contributed by atoms with Crippen molar-refractivity contribution in [3.05, 3.63) is 47.7 Å². The Balaban J connectivity index is 1.17. The van der Waals surface area contributed by atoms with Gasteiger partial charge in [0.15, 0.2) is 5.82 Å². The second kappa shape index (κ2) is 6.51. The van der Waals surface area contributed by atoms with E-state index < -0.39 is 0 Å². The average molecular weight is 364 g/mol. The van der Waals surface area contributed by atoms with Crippen molar-refractivity contribution in [3.8, 4) is 5.75 Å². The van der Waals surface area contributed by atoms with Gasteiger partial charge in [-0.3, -0.25) is 4.79 Å². The molecule has 2 fully saturated rings. The number of hydrogen-bond acceptors (Lipinski definition) is 5. The zero-order valence-electron chi connectivity index (χ0n) is 15.5. The molecule has 6 heteroatoms. The predicted octanol–water partition coefficient (Wildman–Crippen LogP) is 2.25. The van der Waals surface area contributed by atoms with Crippen LogP contribution in [0.15, 0.2) is 36.4 Å². The van der Waals surface area contributed by atoms with Crippen LogP contribution in [0.4, 0.5) is 5.82 Å². The van der Waals surface area contributed by atoms with Gasteiger partial charge in [-0.2, -0.15) is 5.10 Å². The van der Waals surface area contributed by atoms with Gasteiger partial charge in [0.05, 0.1) is 17.7 Å². The number of likely N-dealkylation sites (N-methyl/N-ethyl adjacent to an activating group) is 1. The van der Waals surface area contributed by atoms with Gasteiger partial charge in [-0.1, -0.05) is 18.2 Å². The molecule has 3 aliphatic rings. The first kappa shape index (κ1) is 16.5. The van der Waals surface area contributed by atoms with Gasteiger partial charge < -0.3 is 14.5 Å². The minimum Gasteiger partial charge on any atom is -0.492 e. The molecule has 6 nitrogen and oxygen atoms in total. The van der Waals surface area contributed by atoms with E-state index in [1.165, 1.54) is 12.8 Å². The summed E-state index contributed by atoms with van der Waals surface area (Å²) in [6.07, 6.45) is 3.23. The van der Waals surface area contributed by atoms with Crippen molar-refractivity contribution in [3.63, 3.8) is 0 Å². The van der Waals surface area contributed by atoms with Gasteiger partial charge in [0, 0.05) is 26.1 Å². The van der Waals surface area contributed by atoms with Crippen LogP contribution < -0.4 is 9.64 Å². The summed E-state index contributed by atoms with van der Waals surface area (Å²) in [5.41, 5.74) is 2.23. The Bertz CT molecular complexity index is 844. The molecular formula is C21H24N4O2. The Hall–Kier alpha value is -2.63. The van der Waals surface area contributed by atoms with Crippen LogP contribution in [0.2, 0.25) is 0 Å². The molecular weight excluding hydrogens is 340 g/mol. The third kappa shape index (κ3) is 3.13. The van der Waals surface area contributed by atoms with Gasteiger partial charge in [0.2, 0.25) is 5.91 Å². The van der Waals surface area contributed by atoms with Crippen LogP contribution >= 0.6 is 0 Å². The summed E-state index contributed by atoms with van der Waals surface area (Å²) in [4.78, 5) is 17.0. The molecule has 3 heterocycles. The first-order valence-electron chi connectivity index (χ1n) is 9.75. The second-order valence-electron chi connectivity index (χ2n) is 7.92. The van der Waals surface area contributed by atoms with Crippen molar-refractivity contribution < 1.29 is 9.53 Å². The smallest absolute Gasteiger partial charge is 0.229 e. The topological polar surface area (TPSA) is 58.6 Å². The van der Waals surface area contributed by atoms with E-state index in [0.29, 0.717) is 12.5 Å². The standard InChI is InChI=1S/C21H24N4O2/c1-24(21(26)16-10-15-4-2-3-5-19(15)27-13-16)17-11-25(12-17)20-9-8-18(22-23-20)14-6-7-14/h2-5,8-9,14,16-17H,6-7,10-13H2,1H3. The van der Waals surface area contributed by atoms with Crippen molar-refractivity contribution in [1.29, 1.82) is 0 Å². The number of para-hydroxylation sites is 1. The van der Waals surface area contributed by atoms with E-state index in [1.807, 2.05) is 36.2 Å². The molecule has 5 rings (SSSR count). The predicted molar refractivity (Wildman–Crippen MR) is 102 cm³/mol. The number of rotatable bonds is 4. The summed E-state index contributed by atoms with van der Waals surface area (Å²) in [5, 5.41) is 8.72. The van der Waals surface area contributed by atoms with E-state index in [2.05, 4.69) is 27.2 Å². The summed E-state index contributed by atoms with van der Waals surface area (Å²) in [6.45, 7) is 2.08. The molecule has 1 aromatic heterocycles. The van der Waals surface area contributed by atoms with E-state index >= 15 is 0 Å². The molecule has 0 bridgehead atoms. The van der Waals surface area contributed by atoms with Crippen LogP contribution in [-0.4, -0.2) is 53.8 Å². The molecule has 0 N–H and O–H groups in total. The molecule has 1 amide bonds. The van der Waals surface area contributed by atoms with Gasteiger partial charge in [0.25, 0.3) is 0 Å². The van der Waals surface area contributed by atoms with E-state index in [4.69, 9.17) is 4.74 Å². The minimum atomic E-state index is -0.100. The lowest BCUT2D eigenvalue weighted by molar-refractivity contribution is -0.138. The Kier molecular flexibility index (Phi) is 3.99. The molecule has 1 atom stereocenters. The maximum absolute atomic E-state index is 12.9. The molecule has 1 saturated heterocycles. The Morgan fingerprint density at radius 1 is 1.15 bits per heavy atom. The Morgan fingerprint density at radius 2 is 1.96 bits per heavy atom. The maximum atomic E-state index is 12.9. The monoisotopic (exact) mass is 364 g/mol. The lowest BCUT2D eigenvalue weighted by Crippen LogP contribution is -2.61. The van der Waals surface area contributed by atoms with Crippen LogP contribution in [-0.2, 0) is 11.2 Å². The SMILES string of the molecule is CN(C(=O)C1COc2ccccc2C1)C1CN(c2ccc(C3CC3)nn2)C1. The summed E-state index contributed by atoms with van der Waals surface area (Å²) in [5.74, 6) is 2.52. The van der Waals surface area contributed by atoms with Gasteiger partial charge in [-0.05, 0) is 43.0 Å². The Labute approximate surface area is 159 Å². The van der Waals surface area contributed by atoms with Crippen LogP contribution in [0, 0.1) is 5.92 Å². The fourth-order valence-electron chi connectivity index (χ4n) is 3.94. The average Bonchev–Trinajstić information content (AvgIpc) is 3.51. The van der Waals surface area contributed by atoms with E-state index in [1.54, 1.807) is 0 Å². The van der Waals surface area contributed by atoms with E-state index in [-0.39, 0.29) is 17.9 Å². The first-order chi connectivity index (χ1) is 13.2. The minimum absolute atomic E-state index is 0.100. The highest BCUT2D eigenvalue weighted by molar-refractivity contribution is 5.80. The third-order valence-corrected chi connectivity index (χ3v) is 5.98. The van der Waals surface area contributed by atoms with Gasteiger partial charge in [-0.25, -0.2) is 0 Å². The quantitative estimate of drug-likeness (QED) is 0.833. The molecule has 2 aromatic rings. The van der Waals surface area contributed by atoms with Crippen LogP contribution in [0.3, 0.4) is 0 Å². The largest absolute Gasteiger partial charge is 0.492 e. The van der Waals surface area contributed by atoms with Gasteiger partial charge in [-0.15, -0.1) is 5.10 Å². The highest BCUT2D eigenvalue weighted by Crippen LogP contribution is 2.39. The number of benzene rings is 1. The van der Waals surface area contributed by atoms with Crippen LogP contribution in [0.1, 0.15) is 30.0 Å². The summed E-state index contributed by atoms with van der Waals surface area (Å²) in [7, 11) is 1.91. The molecule has 1 saturated carbocycles. The molecule has 0 spiro atoms. The zero-order chi connectivity index (χ0) is 18.4. The number of amides is 1. The molecule has 27 heavy (non-hydrogen) atoms. The lowest BCUT2D eigenvalue weighted by atomic mass is 9.94. The van der Waals surface area contributed by atoms with E-state index in [0.717, 1.165) is 42.3 Å². The van der Waals surface area contributed by atoms with E-state index in [9.17, 15) is 4.79 Å². The van der Waals surface area contributed by atoms with Crippen molar-refractivity contribution in [1.82, 2.24) is 15.1 Å². The number of carbonyl (C=O) groups is 1. The number of ether oxygens (including phenoxy) is 1. The molecule has 2 aliphatic heterocycles. The summed E-state index contributed by atoms with van der Waals surface area (Å²) < 4.78 is 5.79. The second-order valence-corrected chi connectivity index (χ2v) is 7.92. The number of aromatic nitrogens is 2. The number of anilines is 1. The first-order valence-corrected chi connectivity index (χ1v) is 9.75. The number of fused-ring (bicyclic) bond motifs is 1. The molecule has 0 radical (unpaired) electrons. The lowest BCUT2D eigenvalue weighted by Gasteiger charge is -2.45. The van der Waals surface area contributed by atoms with Gasteiger partial charge in [0.1, 0.15) is 12.4 Å². The van der Waals surface area contributed by atoms with Crippen molar-refractivity contribution in [2.75, 3.05) is 31.6 Å². The number of nitrogens with zero attached hydrogens (tertiary/aromatic N) is 4. The molecule has 1 unspecified atom stereocenters. The fourth-order valence-corrected chi connectivity index (χ4v) is 3.94. The van der Waals surface area contributed by atoms with Gasteiger partial charge >= 0.3 is 0 Å². The normalized spacial score (nSPS) is 21.8.